The molecule has 0 saturated heterocycles. The van der Waals surface area contributed by atoms with E-state index in [2.05, 4.69) is 68.0 Å². The lowest BCUT2D eigenvalue weighted by Crippen LogP contribution is -2.22. The summed E-state index contributed by atoms with van der Waals surface area (Å²) < 4.78 is 0. The number of hydrogen-bond donors (Lipinski definition) is 0. The molecule has 0 aromatic heterocycles. The fourth-order valence-corrected chi connectivity index (χ4v) is 3.06. The molecule has 0 heterocycles. The van der Waals surface area contributed by atoms with Crippen LogP contribution >= 0.6 is 0 Å². The second-order valence-electron chi connectivity index (χ2n) is 6.34. The molecule has 24 heavy (non-hydrogen) atoms. The molecule has 1 aliphatic rings. The van der Waals surface area contributed by atoms with Gasteiger partial charge in [0.15, 0.2) is 0 Å². The monoisotopic (exact) mass is 319 g/mol. The van der Waals surface area contributed by atoms with Crippen molar-refractivity contribution in [2.75, 3.05) is 11.4 Å². The lowest BCUT2D eigenvalue weighted by atomic mass is 9.91. The van der Waals surface area contributed by atoms with E-state index in [-0.39, 0.29) is 0 Å². The van der Waals surface area contributed by atoms with Gasteiger partial charge in [0.1, 0.15) is 0 Å². The first-order valence-electron chi connectivity index (χ1n) is 8.83. The summed E-state index contributed by atoms with van der Waals surface area (Å²) in [5, 5.41) is 0. The van der Waals surface area contributed by atoms with Crippen molar-refractivity contribution in [3.05, 3.63) is 91.2 Å². The lowest BCUT2D eigenvalue weighted by molar-refractivity contribution is 0.685. The van der Waals surface area contributed by atoms with Crippen molar-refractivity contribution in [2.24, 2.45) is 5.92 Å². The molecule has 1 aliphatic carbocycles. The Balaban J connectivity index is 2.36. The smallest absolute Gasteiger partial charge is 0.0416 e. The molecule has 1 heteroatoms. The maximum atomic E-state index is 3.93. The molecule has 1 aromatic carbocycles. The van der Waals surface area contributed by atoms with Crippen LogP contribution in [0.3, 0.4) is 0 Å². The molecule has 0 fully saturated rings. The molecular weight excluding hydrogens is 290 g/mol. The number of benzene rings is 1. The number of rotatable bonds is 8. The average Bonchev–Trinajstić information content (AvgIpc) is 2.62. The standard InChI is InChI=1S/C23H29N/c1-5-10-22(15-13-19(4)7-3)24(17-6-2)23-16-14-20-11-8-9-12-21(20)18-23/h5-7,10,13-16,18-19H,1-3,8-9,11-12,17H2,4H3/b15-13-,22-10+. The molecule has 1 nitrogen and oxygen atoms in total. The third-order valence-corrected chi connectivity index (χ3v) is 4.50. The van der Waals surface area contributed by atoms with E-state index in [4.69, 9.17) is 0 Å². The molecule has 0 N–H and O–H groups in total. The number of fused-ring (bicyclic) bond motifs is 1. The first-order valence-corrected chi connectivity index (χ1v) is 8.83. The summed E-state index contributed by atoms with van der Waals surface area (Å²) in [6, 6.07) is 6.87. The Morgan fingerprint density at radius 1 is 1.17 bits per heavy atom. The summed E-state index contributed by atoms with van der Waals surface area (Å²) in [6.07, 6.45) is 17.1. The van der Waals surface area contributed by atoms with Crippen LogP contribution in [0.15, 0.2) is 80.1 Å². The molecule has 0 amide bonds. The van der Waals surface area contributed by atoms with Crippen molar-refractivity contribution in [3.8, 4) is 0 Å². The van der Waals surface area contributed by atoms with Crippen LogP contribution in [0.5, 0.6) is 0 Å². The SMILES string of the molecule is C=C/C=C(\C=C/C(C)C=C)N(CC=C)c1ccc2c(c1)CCCC2. The zero-order chi connectivity index (χ0) is 17.4. The number of nitrogens with zero attached hydrogens (tertiary/aromatic N) is 1. The van der Waals surface area contributed by atoms with Crippen molar-refractivity contribution in [1.82, 2.24) is 0 Å². The highest BCUT2D eigenvalue weighted by Gasteiger charge is 2.13. The third-order valence-electron chi connectivity index (χ3n) is 4.50. The third kappa shape index (κ3) is 4.61. The van der Waals surface area contributed by atoms with Crippen molar-refractivity contribution < 1.29 is 0 Å². The van der Waals surface area contributed by atoms with Gasteiger partial charge in [-0.1, -0.05) is 43.9 Å². The summed E-state index contributed by atoms with van der Waals surface area (Å²) in [7, 11) is 0. The largest absolute Gasteiger partial charge is 0.338 e. The van der Waals surface area contributed by atoms with Gasteiger partial charge in [0.05, 0.1) is 0 Å². The number of hydrogen-bond acceptors (Lipinski definition) is 1. The van der Waals surface area contributed by atoms with Gasteiger partial charge < -0.3 is 4.90 Å². The average molecular weight is 319 g/mol. The summed E-state index contributed by atoms with van der Waals surface area (Å²) in [4.78, 5) is 2.29. The fourth-order valence-electron chi connectivity index (χ4n) is 3.06. The minimum Gasteiger partial charge on any atom is -0.338 e. The van der Waals surface area contributed by atoms with Crippen LogP contribution in [0.1, 0.15) is 30.9 Å². The van der Waals surface area contributed by atoms with Gasteiger partial charge in [-0.2, -0.15) is 0 Å². The lowest BCUT2D eigenvalue weighted by Gasteiger charge is -2.27. The fraction of sp³-hybridized carbons (Fsp3) is 0.304. The van der Waals surface area contributed by atoms with E-state index in [0.717, 1.165) is 12.2 Å². The quantitative estimate of drug-likeness (QED) is 0.419. The molecule has 1 unspecified atom stereocenters. The Bertz CT molecular complexity index is 648. The highest BCUT2D eigenvalue weighted by atomic mass is 15.1. The van der Waals surface area contributed by atoms with Gasteiger partial charge in [0.25, 0.3) is 0 Å². The second-order valence-corrected chi connectivity index (χ2v) is 6.34. The van der Waals surface area contributed by atoms with Crippen LogP contribution in [0, 0.1) is 5.92 Å². The molecule has 0 bridgehead atoms. The van der Waals surface area contributed by atoms with Gasteiger partial charge in [-0.15, -0.1) is 13.2 Å². The first kappa shape index (κ1) is 18.1. The Morgan fingerprint density at radius 2 is 1.92 bits per heavy atom. The van der Waals surface area contributed by atoms with E-state index in [1.807, 2.05) is 18.2 Å². The summed E-state index contributed by atoms with van der Waals surface area (Å²) >= 11 is 0. The van der Waals surface area contributed by atoms with E-state index < -0.39 is 0 Å². The van der Waals surface area contributed by atoms with Gasteiger partial charge in [-0.25, -0.2) is 0 Å². The molecule has 0 saturated carbocycles. The molecule has 2 rings (SSSR count). The highest BCUT2D eigenvalue weighted by molar-refractivity contribution is 5.58. The van der Waals surface area contributed by atoms with Gasteiger partial charge in [-0.05, 0) is 67.0 Å². The molecule has 1 aromatic rings. The molecular formula is C23H29N. The number of anilines is 1. The predicted molar refractivity (Wildman–Crippen MR) is 107 cm³/mol. The topological polar surface area (TPSA) is 3.24 Å². The number of aryl methyl sites for hydroxylation is 2. The number of allylic oxidation sites excluding steroid dienone is 5. The zero-order valence-corrected chi connectivity index (χ0v) is 14.9. The van der Waals surface area contributed by atoms with Crippen LogP contribution < -0.4 is 4.90 Å². The van der Waals surface area contributed by atoms with Crippen molar-refractivity contribution >= 4 is 5.69 Å². The summed E-state index contributed by atoms with van der Waals surface area (Å²) in [6.45, 7) is 14.6. The van der Waals surface area contributed by atoms with Crippen molar-refractivity contribution in [3.63, 3.8) is 0 Å². The van der Waals surface area contributed by atoms with Gasteiger partial charge in [0, 0.05) is 17.9 Å². The minimum absolute atomic E-state index is 0.340. The minimum atomic E-state index is 0.340. The van der Waals surface area contributed by atoms with Gasteiger partial charge in [-0.3, -0.25) is 0 Å². The van der Waals surface area contributed by atoms with E-state index in [0.29, 0.717) is 5.92 Å². The molecule has 126 valence electrons. The highest BCUT2D eigenvalue weighted by Crippen LogP contribution is 2.28. The molecule has 0 spiro atoms. The molecule has 0 aliphatic heterocycles. The maximum Gasteiger partial charge on any atom is 0.0416 e. The summed E-state index contributed by atoms with van der Waals surface area (Å²) in [5.74, 6) is 0.340. The normalized spacial score (nSPS) is 15.6. The van der Waals surface area contributed by atoms with Crippen LogP contribution in [-0.4, -0.2) is 6.54 Å². The zero-order valence-electron chi connectivity index (χ0n) is 14.9. The Morgan fingerprint density at radius 3 is 2.58 bits per heavy atom. The Kier molecular flexibility index (Phi) is 6.87. The first-order chi connectivity index (χ1) is 11.7. The van der Waals surface area contributed by atoms with Crippen LogP contribution in [0.4, 0.5) is 5.69 Å². The molecule has 0 radical (unpaired) electrons. The Hall–Kier alpha value is -2.28. The van der Waals surface area contributed by atoms with Crippen LogP contribution in [0.2, 0.25) is 0 Å². The Labute approximate surface area is 147 Å². The van der Waals surface area contributed by atoms with E-state index >= 15 is 0 Å². The van der Waals surface area contributed by atoms with Gasteiger partial charge >= 0.3 is 0 Å². The van der Waals surface area contributed by atoms with Gasteiger partial charge in [0.2, 0.25) is 0 Å². The molecule has 1 atom stereocenters. The van der Waals surface area contributed by atoms with Crippen LogP contribution in [0.25, 0.3) is 0 Å². The summed E-state index contributed by atoms with van der Waals surface area (Å²) in [5.41, 5.74) is 5.34. The maximum absolute atomic E-state index is 3.93. The van der Waals surface area contributed by atoms with Crippen LogP contribution in [-0.2, 0) is 12.8 Å². The van der Waals surface area contributed by atoms with E-state index in [1.54, 1.807) is 0 Å². The van der Waals surface area contributed by atoms with Crippen molar-refractivity contribution in [1.29, 1.82) is 0 Å². The predicted octanol–water partition coefficient (Wildman–Crippen LogP) is 6.01. The van der Waals surface area contributed by atoms with E-state index in [9.17, 15) is 0 Å². The van der Waals surface area contributed by atoms with E-state index in [1.165, 1.54) is 42.5 Å². The second kappa shape index (κ2) is 9.12. The van der Waals surface area contributed by atoms with Crippen molar-refractivity contribution in [2.45, 2.75) is 32.6 Å².